The lowest BCUT2D eigenvalue weighted by atomic mass is 9.91. The Bertz CT molecular complexity index is 294. The molecular formula is C14H23NS. The van der Waals surface area contributed by atoms with Crippen molar-refractivity contribution in [1.82, 2.24) is 5.32 Å². The van der Waals surface area contributed by atoms with Gasteiger partial charge in [-0.1, -0.05) is 32.4 Å². The summed E-state index contributed by atoms with van der Waals surface area (Å²) in [6.07, 6.45) is 4.64. The molecule has 16 heavy (non-hydrogen) atoms. The highest BCUT2D eigenvalue weighted by Crippen LogP contribution is 2.26. The van der Waals surface area contributed by atoms with Crippen LogP contribution in [0.1, 0.15) is 38.3 Å². The maximum Gasteiger partial charge on any atom is 0.0343 e. The topological polar surface area (TPSA) is 12.0 Å². The Hall–Kier alpha value is -0.470. The summed E-state index contributed by atoms with van der Waals surface area (Å²) in [5, 5.41) is 3.43. The predicted octanol–water partition coefficient (Wildman–Crippen LogP) is 4.11. The maximum absolute atomic E-state index is 3.43. The van der Waals surface area contributed by atoms with E-state index in [2.05, 4.69) is 56.7 Å². The van der Waals surface area contributed by atoms with Gasteiger partial charge in [-0.25, -0.2) is 0 Å². The second-order valence-electron chi connectivity index (χ2n) is 4.31. The Morgan fingerprint density at radius 1 is 1.25 bits per heavy atom. The van der Waals surface area contributed by atoms with Crippen LogP contribution >= 0.6 is 11.8 Å². The van der Waals surface area contributed by atoms with Crippen LogP contribution in [0.2, 0.25) is 0 Å². The summed E-state index contributed by atoms with van der Waals surface area (Å²) in [5.74, 6) is 0.690. The van der Waals surface area contributed by atoms with Crippen molar-refractivity contribution in [3.05, 3.63) is 29.8 Å². The minimum absolute atomic E-state index is 0.482. The van der Waals surface area contributed by atoms with Crippen molar-refractivity contribution in [2.45, 2.75) is 37.6 Å². The summed E-state index contributed by atoms with van der Waals surface area (Å²) in [4.78, 5) is 1.33. The summed E-state index contributed by atoms with van der Waals surface area (Å²) in [6.45, 7) is 4.58. The molecule has 1 aromatic rings. The fourth-order valence-electron chi connectivity index (χ4n) is 2.21. The van der Waals surface area contributed by atoms with Crippen molar-refractivity contribution in [1.29, 1.82) is 0 Å². The zero-order valence-corrected chi connectivity index (χ0v) is 11.6. The van der Waals surface area contributed by atoms with E-state index in [0.29, 0.717) is 12.0 Å². The third kappa shape index (κ3) is 3.53. The van der Waals surface area contributed by atoms with Crippen LogP contribution in [0, 0.1) is 5.92 Å². The minimum atomic E-state index is 0.482. The molecule has 1 nitrogen and oxygen atoms in total. The van der Waals surface area contributed by atoms with Gasteiger partial charge in [-0.2, -0.15) is 0 Å². The number of thioether (sulfide) groups is 1. The summed E-state index contributed by atoms with van der Waals surface area (Å²) < 4.78 is 0. The average Bonchev–Trinajstić information content (AvgIpc) is 2.31. The second-order valence-corrected chi connectivity index (χ2v) is 5.19. The Labute approximate surface area is 104 Å². The SMILES string of the molecule is CCCC(C)C(NC)c1ccc(SC)cc1. The molecule has 0 heterocycles. The van der Waals surface area contributed by atoms with Gasteiger partial charge in [0.15, 0.2) is 0 Å². The maximum atomic E-state index is 3.43. The van der Waals surface area contributed by atoms with Crippen LogP contribution < -0.4 is 5.32 Å². The lowest BCUT2D eigenvalue weighted by Gasteiger charge is -2.23. The molecule has 0 saturated carbocycles. The molecule has 1 N–H and O–H groups in total. The van der Waals surface area contributed by atoms with E-state index in [1.54, 1.807) is 11.8 Å². The molecule has 0 bridgehead atoms. The van der Waals surface area contributed by atoms with Crippen molar-refractivity contribution in [3.8, 4) is 0 Å². The largest absolute Gasteiger partial charge is 0.313 e. The van der Waals surface area contributed by atoms with Gasteiger partial charge in [0.1, 0.15) is 0 Å². The van der Waals surface area contributed by atoms with Crippen molar-refractivity contribution in [2.75, 3.05) is 13.3 Å². The van der Waals surface area contributed by atoms with Crippen LogP contribution in [0.15, 0.2) is 29.2 Å². The van der Waals surface area contributed by atoms with Crippen molar-refractivity contribution in [3.63, 3.8) is 0 Å². The minimum Gasteiger partial charge on any atom is -0.313 e. The third-order valence-corrected chi connectivity index (χ3v) is 3.84. The van der Waals surface area contributed by atoms with Gasteiger partial charge in [0.2, 0.25) is 0 Å². The van der Waals surface area contributed by atoms with Crippen LogP contribution in [0.5, 0.6) is 0 Å². The van der Waals surface area contributed by atoms with Gasteiger partial charge in [-0.3, -0.25) is 0 Å². The number of hydrogen-bond acceptors (Lipinski definition) is 2. The van der Waals surface area contributed by atoms with Gasteiger partial charge in [0, 0.05) is 10.9 Å². The first-order valence-electron chi connectivity index (χ1n) is 6.04. The zero-order valence-electron chi connectivity index (χ0n) is 10.8. The zero-order chi connectivity index (χ0) is 12.0. The summed E-state index contributed by atoms with van der Waals surface area (Å²) in [7, 11) is 2.05. The van der Waals surface area contributed by atoms with Gasteiger partial charge in [-0.15, -0.1) is 11.8 Å². The van der Waals surface area contributed by atoms with Crippen LogP contribution in [-0.4, -0.2) is 13.3 Å². The van der Waals surface area contributed by atoms with Gasteiger partial charge < -0.3 is 5.32 Å². The Kier molecular flexibility index (Phi) is 5.93. The summed E-state index contributed by atoms with van der Waals surface area (Å²) in [6, 6.07) is 9.40. The molecule has 0 fully saturated rings. The molecule has 0 spiro atoms. The van der Waals surface area contributed by atoms with Gasteiger partial charge >= 0.3 is 0 Å². The molecule has 0 amide bonds. The molecule has 90 valence electrons. The molecule has 1 aromatic carbocycles. The molecular weight excluding hydrogens is 214 g/mol. The highest BCUT2D eigenvalue weighted by molar-refractivity contribution is 7.98. The Balaban J connectivity index is 2.78. The predicted molar refractivity (Wildman–Crippen MR) is 74.1 cm³/mol. The summed E-state index contributed by atoms with van der Waals surface area (Å²) >= 11 is 1.80. The average molecular weight is 237 g/mol. The van der Waals surface area contributed by atoms with Crippen LogP contribution in [0.25, 0.3) is 0 Å². The molecule has 0 aliphatic heterocycles. The van der Waals surface area contributed by atoms with E-state index in [-0.39, 0.29) is 0 Å². The molecule has 0 saturated heterocycles. The molecule has 0 aliphatic carbocycles. The normalized spacial score (nSPS) is 14.8. The second kappa shape index (κ2) is 6.97. The fourth-order valence-corrected chi connectivity index (χ4v) is 2.62. The molecule has 0 aliphatic rings. The van der Waals surface area contributed by atoms with Crippen molar-refractivity contribution < 1.29 is 0 Å². The van der Waals surface area contributed by atoms with E-state index in [4.69, 9.17) is 0 Å². The third-order valence-electron chi connectivity index (χ3n) is 3.10. The van der Waals surface area contributed by atoms with Gasteiger partial charge in [-0.05, 0) is 43.3 Å². The number of hydrogen-bond donors (Lipinski definition) is 1. The molecule has 2 heteroatoms. The molecule has 2 atom stereocenters. The highest BCUT2D eigenvalue weighted by atomic mass is 32.2. The molecule has 2 unspecified atom stereocenters. The van der Waals surface area contributed by atoms with E-state index in [0.717, 1.165) is 0 Å². The summed E-state index contributed by atoms with van der Waals surface area (Å²) in [5.41, 5.74) is 1.40. The van der Waals surface area contributed by atoms with Crippen LogP contribution in [0.3, 0.4) is 0 Å². The van der Waals surface area contributed by atoms with E-state index < -0.39 is 0 Å². The standard InChI is InChI=1S/C14H23NS/c1-5-6-11(2)14(15-3)12-7-9-13(16-4)10-8-12/h7-11,14-15H,5-6H2,1-4H3. The van der Waals surface area contributed by atoms with E-state index in [1.807, 2.05) is 0 Å². The quantitative estimate of drug-likeness (QED) is 0.747. The first-order chi connectivity index (χ1) is 7.72. The highest BCUT2D eigenvalue weighted by Gasteiger charge is 2.16. The Morgan fingerprint density at radius 2 is 1.88 bits per heavy atom. The molecule has 0 aromatic heterocycles. The number of benzene rings is 1. The van der Waals surface area contributed by atoms with Gasteiger partial charge in [0.25, 0.3) is 0 Å². The lowest BCUT2D eigenvalue weighted by Crippen LogP contribution is -2.23. The lowest BCUT2D eigenvalue weighted by molar-refractivity contribution is 0.384. The first kappa shape index (κ1) is 13.6. The Morgan fingerprint density at radius 3 is 2.31 bits per heavy atom. The van der Waals surface area contributed by atoms with Crippen LogP contribution in [0.4, 0.5) is 0 Å². The van der Waals surface area contributed by atoms with E-state index in [9.17, 15) is 0 Å². The molecule has 0 radical (unpaired) electrons. The molecule has 1 rings (SSSR count). The van der Waals surface area contributed by atoms with E-state index >= 15 is 0 Å². The van der Waals surface area contributed by atoms with Gasteiger partial charge in [0.05, 0.1) is 0 Å². The first-order valence-corrected chi connectivity index (χ1v) is 7.26. The monoisotopic (exact) mass is 237 g/mol. The van der Waals surface area contributed by atoms with Crippen molar-refractivity contribution in [2.24, 2.45) is 5.92 Å². The van der Waals surface area contributed by atoms with Crippen LogP contribution in [-0.2, 0) is 0 Å². The number of nitrogens with one attached hydrogen (secondary N) is 1. The number of rotatable bonds is 6. The van der Waals surface area contributed by atoms with Crippen molar-refractivity contribution >= 4 is 11.8 Å². The van der Waals surface area contributed by atoms with E-state index in [1.165, 1.54) is 23.3 Å². The fraction of sp³-hybridized carbons (Fsp3) is 0.571. The smallest absolute Gasteiger partial charge is 0.0343 e.